The lowest BCUT2D eigenvalue weighted by Gasteiger charge is -2.14. The van der Waals surface area contributed by atoms with E-state index in [1.165, 1.54) is 32.5 Å². The minimum atomic E-state index is -2.40. The number of nitrogens with one attached hydrogen (secondary N) is 1. The van der Waals surface area contributed by atoms with Gasteiger partial charge < -0.3 is 9.47 Å². The van der Waals surface area contributed by atoms with Crippen LogP contribution in [0.1, 0.15) is 21.6 Å². The number of hydrogen-bond acceptors (Lipinski definition) is 9. The van der Waals surface area contributed by atoms with Crippen LogP contribution in [0.2, 0.25) is 0 Å². The molecule has 1 atom stereocenters. The number of aromatic nitrogens is 3. The van der Waals surface area contributed by atoms with Crippen molar-refractivity contribution in [3.05, 3.63) is 77.4 Å². The number of carbonyl (C=O) groups excluding carboxylic acids is 1. The molecule has 192 valence electrons. The molecule has 0 bridgehead atoms. The largest absolute Gasteiger partial charge is 0.496 e. The molecule has 0 aliphatic heterocycles. The first-order valence-electron chi connectivity index (χ1n) is 11.0. The molecule has 0 spiro atoms. The van der Waals surface area contributed by atoms with E-state index in [1.807, 2.05) is 0 Å². The number of benzene rings is 2. The normalized spacial score (nSPS) is 12.5. The monoisotopic (exact) mass is 541 g/mol. The zero-order valence-electron chi connectivity index (χ0n) is 20.5. The van der Waals surface area contributed by atoms with Crippen molar-refractivity contribution in [1.82, 2.24) is 15.2 Å². The number of rotatable bonds is 8. The van der Waals surface area contributed by atoms with Gasteiger partial charge in [-0.05, 0) is 54.2 Å². The Bertz CT molecular complexity index is 1560. The van der Waals surface area contributed by atoms with Crippen molar-refractivity contribution in [2.24, 2.45) is 4.36 Å². The molecule has 0 unspecified atom stereocenters. The van der Waals surface area contributed by atoms with E-state index >= 15 is 0 Å². The Balaban J connectivity index is 1.49. The second kappa shape index (κ2) is 11.0. The molecule has 37 heavy (non-hydrogen) atoms. The molecule has 0 saturated heterocycles. The van der Waals surface area contributed by atoms with Crippen LogP contribution in [0.4, 0.5) is 9.52 Å². The number of aryl methyl sites for hydroxylation is 1. The second-order valence-corrected chi connectivity index (χ2v) is 11.3. The Hall–Kier alpha value is -3.90. The summed E-state index contributed by atoms with van der Waals surface area (Å²) in [6, 6.07) is 13.2. The summed E-state index contributed by atoms with van der Waals surface area (Å²) in [5.41, 5.74) is 2.11. The van der Waals surface area contributed by atoms with Crippen LogP contribution in [-0.4, -0.2) is 45.7 Å². The molecule has 0 saturated carbocycles. The molecule has 0 fully saturated rings. The van der Waals surface area contributed by atoms with Gasteiger partial charge in [-0.3, -0.25) is 15.1 Å². The number of pyridine rings is 1. The molecule has 9 nitrogen and oxygen atoms in total. The van der Waals surface area contributed by atoms with Crippen molar-refractivity contribution >= 4 is 32.1 Å². The first-order valence-corrected chi connectivity index (χ1v) is 13.7. The van der Waals surface area contributed by atoms with Gasteiger partial charge in [0.05, 0.1) is 28.0 Å². The fourth-order valence-electron chi connectivity index (χ4n) is 3.46. The fourth-order valence-corrected chi connectivity index (χ4v) is 4.90. The summed E-state index contributed by atoms with van der Waals surface area (Å²) in [5, 5.41) is 11.1. The van der Waals surface area contributed by atoms with Crippen molar-refractivity contribution in [3.8, 4) is 22.1 Å². The van der Waals surface area contributed by atoms with Crippen LogP contribution in [0, 0.1) is 12.7 Å². The predicted octanol–water partition coefficient (Wildman–Crippen LogP) is 4.97. The highest BCUT2D eigenvalue weighted by molar-refractivity contribution is 7.93. The van der Waals surface area contributed by atoms with E-state index in [2.05, 4.69) is 24.9 Å². The summed E-state index contributed by atoms with van der Waals surface area (Å²) < 4.78 is 42.0. The number of nitrogens with zero attached hydrogens (tertiary/aromatic N) is 4. The topological polar surface area (TPSA) is 116 Å². The highest BCUT2D eigenvalue weighted by atomic mass is 32.2. The lowest BCUT2D eigenvalue weighted by atomic mass is 9.98. The maximum atomic E-state index is 14.8. The van der Waals surface area contributed by atoms with Crippen LogP contribution in [0.15, 0.2) is 64.0 Å². The highest BCUT2D eigenvalue weighted by Gasteiger charge is 2.21. The molecule has 4 rings (SSSR count). The highest BCUT2D eigenvalue weighted by Crippen LogP contribution is 2.35. The summed E-state index contributed by atoms with van der Waals surface area (Å²) in [4.78, 5) is 17.9. The first kappa shape index (κ1) is 26.2. The average molecular weight is 542 g/mol. The number of amides is 1. The number of halogens is 1. The van der Waals surface area contributed by atoms with E-state index in [0.29, 0.717) is 21.9 Å². The molecule has 12 heteroatoms. The number of ether oxygens (including phenoxy) is 2. The molecule has 2 aromatic carbocycles. The third-order valence-electron chi connectivity index (χ3n) is 5.45. The molecule has 0 aliphatic rings. The summed E-state index contributed by atoms with van der Waals surface area (Å²) in [5.74, 6) is -0.760. The second-order valence-electron chi connectivity index (χ2n) is 7.93. The molecule has 0 radical (unpaired) electrons. The van der Waals surface area contributed by atoms with Crippen molar-refractivity contribution < 1.29 is 22.9 Å². The van der Waals surface area contributed by atoms with Crippen LogP contribution in [0.5, 0.6) is 10.9 Å². The van der Waals surface area contributed by atoms with Gasteiger partial charge in [-0.15, -0.1) is 5.10 Å². The van der Waals surface area contributed by atoms with Crippen LogP contribution in [0.3, 0.4) is 0 Å². The zero-order chi connectivity index (χ0) is 26.6. The summed E-state index contributed by atoms with van der Waals surface area (Å²) in [7, 11) is 0.561. The smallest absolute Gasteiger partial charge is 0.296 e. The van der Waals surface area contributed by atoms with E-state index in [-0.39, 0.29) is 28.1 Å². The van der Waals surface area contributed by atoms with Crippen LogP contribution in [-0.2, 0) is 16.3 Å². The molecule has 2 aromatic heterocycles. The fraction of sp³-hybridized carbons (Fsp3) is 0.200. The molecule has 0 aliphatic carbocycles. The number of anilines is 1. The Labute approximate surface area is 217 Å². The maximum Gasteiger partial charge on any atom is 0.296 e. The standard InChI is InChI=1S/C25H24FN5O4S2/c1-15-12-18(22-20(26)6-5-7-21(22)34-3)19(13-28-15)23(32)29-24-30-31-25(36-24)35-14-16-8-10-17(11-9-16)37(4,33)27-2/h5-13H,14H2,1-4H3,(H,29,30,32)/t37-/m1/s1. The lowest BCUT2D eigenvalue weighted by Crippen LogP contribution is -2.14. The zero-order valence-corrected chi connectivity index (χ0v) is 22.2. The quantitative estimate of drug-likeness (QED) is 0.335. The van der Waals surface area contributed by atoms with Crippen molar-refractivity contribution in [2.75, 3.05) is 25.7 Å². The third kappa shape index (κ3) is 5.92. The first-order chi connectivity index (χ1) is 17.7. The predicted molar refractivity (Wildman–Crippen MR) is 140 cm³/mol. The van der Waals surface area contributed by atoms with Crippen molar-refractivity contribution in [1.29, 1.82) is 0 Å². The van der Waals surface area contributed by atoms with Gasteiger partial charge in [0.1, 0.15) is 18.2 Å². The van der Waals surface area contributed by atoms with Crippen molar-refractivity contribution in [3.63, 3.8) is 0 Å². The molecule has 4 aromatic rings. The number of methoxy groups -OCH3 is 1. The van der Waals surface area contributed by atoms with Gasteiger partial charge in [0.15, 0.2) is 0 Å². The van der Waals surface area contributed by atoms with Gasteiger partial charge in [0.2, 0.25) is 5.13 Å². The molecule has 1 N–H and O–H groups in total. The van der Waals surface area contributed by atoms with Crippen LogP contribution >= 0.6 is 11.3 Å². The maximum absolute atomic E-state index is 14.8. The van der Waals surface area contributed by atoms with E-state index < -0.39 is 21.5 Å². The third-order valence-corrected chi connectivity index (χ3v) is 8.04. The molecular formula is C25H24FN5O4S2. The Morgan fingerprint density at radius 2 is 1.95 bits per heavy atom. The van der Waals surface area contributed by atoms with E-state index in [0.717, 1.165) is 16.9 Å². The summed E-state index contributed by atoms with van der Waals surface area (Å²) in [6.07, 6.45) is 2.96. The summed E-state index contributed by atoms with van der Waals surface area (Å²) >= 11 is 1.05. The van der Waals surface area contributed by atoms with E-state index in [9.17, 15) is 13.4 Å². The van der Waals surface area contributed by atoms with E-state index in [4.69, 9.17) is 9.47 Å². The van der Waals surface area contributed by atoms with Gasteiger partial charge >= 0.3 is 0 Å². The SMILES string of the molecule is CN=[S@](C)(=O)c1ccc(COc2nnc(NC(=O)c3cnc(C)cc3-c3c(F)cccc3OC)s2)cc1. The average Bonchev–Trinajstić information content (AvgIpc) is 3.34. The van der Waals surface area contributed by atoms with Crippen molar-refractivity contribution in [2.45, 2.75) is 18.4 Å². The minimum absolute atomic E-state index is 0.151. The minimum Gasteiger partial charge on any atom is -0.496 e. The van der Waals surface area contributed by atoms with E-state index in [1.54, 1.807) is 49.6 Å². The molecule has 1 amide bonds. The van der Waals surface area contributed by atoms with Crippen LogP contribution < -0.4 is 14.8 Å². The molecular weight excluding hydrogens is 517 g/mol. The van der Waals surface area contributed by atoms with Crippen LogP contribution in [0.25, 0.3) is 11.1 Å². The Morgan fingerprint density at radius 1 is 1.19 bits per heavy atom. The number of carbonyl (C=O) groups is 1. The van der Waals surface area contributed by atoms with Gasteiger partial charge in [-0.2, -0.15) is 0 Å². The Morgan fingerprint density at radius 3 is 2.65 bits per heavy atom. The van der Waals surface area contributed by atoms with Gasteiger partial charge in [0, 0.05) is 35.7 Å². The molecule has 2 heterocycles. The van der Waals surface area contributed by atoms with Gasteiger partial charge in [-0.25, -0.2) is 13.0 Å². The van der Waals surface area contributed by atoms with Gasteiger partial charge in [-0.1, -0.05) is 23.3 Å². The Kier molecular flexibility index (Phi) is 7.79. The van der Waals surface area contributed by atoms with Gasteiger partial charge in [0.25, 0.3) is 11.1 Å². The number of hydrogen-bond donors (Lipinski definition) is 1. The lowest BCUT2D eigenvalue weighted by molar-refractivity contribution is 0.102. The summed E-state index contributed by atoms with van der Waals surface area (Å²) in [6.45, 7) is 1.95.